The van der Waals surface area contributed by atoms with Crippen molar-refractivity contribution in [3.63, 3.8) is 0 Å². The first-order chi connectivity index (χ1) is 9.78. The molecule has 0 atom stereocenters. The fourth-order valence-electron chi connectivity index (χ4n) is 1.18. The number of hydrogen-bond acceptors (Lipinski definition) is 5. The van der Waals surface area contributed by atoms with E-state index in [0.717, 1.165) is 0 Å². The molecular weight excluding hydrogens is 286 g/mol. The highest BCUT2D eigenvalue weighted by Gasteiger charge is 2.21. The number of ether oxygens (including phenoxy) is 2. The summed E-state index contributed by atoms with van der Waals surface area (Å²) in [5.74, 6) is 0.285. The number of aliphatic imine (C=N–C) groups is 1. The third-order valence-electron chi connectivity index (χ3n) is 1.85. The SMILES string of the molecule is CC(C)CN=C(NC(=O)OC(C)(C)C)NC(=O)OC(C)(C)C. The molecule has 7 nitrogen and oxygen atoms in total. The molecule has 0 bridgehead atoms. The van der Waals surface area contributed by atoms with Crippen LogP contribution in [0.15, 0.2) is 4.99 Å². The Labute approximate surface area is 132 Å². The smallest absolute Gasteiger partial charge is 0.414 e. The van der Waals surface area contributed by atoms with E-state index in [2.05, 4.69) is 15.6 Å². The van der Waals surface area contributed by atoms with Gasteiger partial charge in [0.05, 0.1) is 0 Å². The van der Waals surface area contributed by atoms with Crippen LogP contribution < -0.4 is 10.6 Å². The van der Waals surface area contributed by atoms with Gasteiger partial charge in [0, 0.05) is 6.54 Å². The second kappa shape index (κ2) is 8.00. The maximum Gasteiger partial charge on any atom is 0.414 e. The Morgan fingerprint density at radius 3 is 1.55 bits per heavy atom. The number of carbonyl (C=O) groups is 2. The van der Waals surface area contributed by atoms with E-state index in [1.54, 1.807) is 41.5 Å². The van der Waals surface area contributed by atoms with Crippen LogP contribution in [0.2, 0.25) is 0 Å². The predicted octanol–water partition coefficient (Wildman–Crippen LogP) is 3.05. The van der Waals surface area contributed by atoms with Crippen LogP contribution in [0.1, 0.15) is 55.4 Å². The van der Waals surface area contributed by atoms with Crippen LogP contribution in [-0.2, 0) is 9.47 Å². The minimum atomic E-state index is -0.689. The number of rotatable bonds is 2. The van der Waals surface area contributed by atoms with Gasteiger partial charge in [0.15, 0.2) is 0 Å². The monoisotopic (exact) mass is 315 g/mol. The van der Waals surface area contributed by atoms with E-state index in [9.17, 15) is 9.59 Å². The van der Waals surface area contributed by atoms with Crippen LogP contribution >= 0.6 is 0 Å². The number of hydrogen-bond donors (Lipinski definition) is 2. The molecule has 2 N–H and O–H groups in total. The summed E-state index contributed by atoms with van der Waals surface area (Å²) in [5, 5.41) is 4.84. The lowest BCUT2D eigenvalue weighted by Gasteiger charge is -2.22. The summed E-state index contributed by atoms with van der Waals surface area (Å²) in [4.78, 5) is 27.7. The average Bonchev–Trinajstić information content (AvgIpc) is 2.19. The molecule has 0 aromatic heterocycles. The minimum Gasteiger partial charge on any atom is -0.444 e. The van der Waals surface area contributed by atoms with Gasteiger partial charge in [-0.1, -0.05) is 13.8 Å². The third-order valence-corrected chi connectivity index (χ3v) is 1.85. The van der Waals surface area contributed by atoms with Gasteiger partial charge in [0.25, 0.3) is 0 Å². The van der Waals surface area contributed by atoms with Gasteiger partial charge in [-0.3, -0.25) is 15.6 Å². The summed E-state index contributed by atoms with van der Waals surface area (Å²) >= 11 is 0. The van der Waals surface area contributed by atoms with Crippen molar-refractivity contribution in [2.75, 3.05) is 6.54 Å². The van der Waals surface area contributed by atoms with Crippen LogP contribution in [-0.4, -0.2) is 35.9 Å². The van der Waals surface area contributed by atoms with E-state index in [1.807, 2.05) is 13.8 Å². The fraction of sp³-hybridized carbons (Fsp3) is 0.800. The molecule has 22 heavy (non-hydrogen) atoms. The molecule has 0 aliphatic carbocycles. The fourth-order valence-corrected chi connectivity index (χ4v) is 1.18. The Morgan fingerprint density at radius 2 is 1.27 bits per heavy atom. The Bertz CT molecular complexity index is 385. The van der Waals surface area contributed by atoms with Crippen molar-refractivity contribution in [1.29, 1.82) is 0 Å². The molecule has 0 saturated heterocycles. The van der Waals surface area contributed by atoms with Crippen molar-refractivity contribution in [2.24, 2.45) is 10.9 Å². The standard InChI is InChI=1S/C15H29N3O4/c1-10(2)9-16-11(17-12(19)21-14(3,4)5)18-13(20)22-15(6,7)8/h10H,9H2,1-8H3,(H2,16,17,18,19,20). The first-order valence-corrected chi connectivity index (χ1v) is 7.33. The number of carbonyl (C=O) groups excluding carboxylic acids is 2. The molecule has 0 saturated carbocycles. The first kappa shape index (κ1) is 20.2. The number of amides is 2. The largest absolute Gasteiger partial charge is 0.444 e. The summed E-state index contributed by atoms with van der Waals surface area (Å²) in [7, 11) is 0. The highest BCUT2D eigenvalue weighted by atomic mass is 16.6. The van der Waals surface area contributed by atoms with Gasteiger partial charge in [-0.2, -0.15) is 0 Å². The zero-order valence-electron chi connectivity index (χ0n) is 14.9. The first-order valence-electron chi connectivity index (χ1n) is 7.33. The van der Waals surface area contributed by atoms with Crippen molar-refractivity contribution in [2.45, 2.75) is 66.6 Å². The van der Waals surface area contributed by atoms with Crippen LogP contribution in [0.5, 0.6) is 0 Å². The molecule has 128 valence electrons. The molecule has 0 radical (unpaired) electrons. The van der Waals surface area contributed by atoms with Crippen molar-refractivity contribution in [3.8, 4) is 0 Å². The number of nitrogens with zero attached hydrogens (tertiary/aromatic N) is 1. The van der Waals surface area contributed by atoms with Crippen molar-refractivity contribution in [3.05, 3.63) is 0 Å². The van der Waals surface area contributed by atoms with Gasteiger partial charge in [-0.15, -0.1) is 0 Å². The van der Waals surface area contributed by atoms with Crippen LogP contribution in [0, 0.1) is 5.92 Å². The zero-order chi connectivity index (χ0) is 17.6. The molecular formula is C15H29N3O4. The molecule has 0 fully saturated rings. The minimum absolute atomic E-state index is 0.0113. The van der Waals surface area contributed by atoms with E-state index in [0.29, 0.717) is 6.54 Å². The summed E-state index contributed by atoms with van der Waals surface area (Å²) < 4.78 is 10.3. The lowest BCUT2D eigenvalue weighted by molar-refractivity contribution is 0.0545. The van der Waals surface area contributed by atoms with E-state index in [-0.39, 0.29) is 11.9 Å². The van der Waals surface area contributed by atoms with Crippen LogP contribution in [0.25, 0.3) is 0 Å². The van der Waals surface area contributed by atoms with Crippen molar-refractivity contribution in [1.82, 2.24) is 10.6 Å². The van der Waals surface area contributed by atoms with Crippen LogP contribution in [0.4, 0.5) is 9.59 Å². The van der Waals surface area contributed by atoms with E-state index < -0.39 is 23.4 Å². The van der Waals surface area contributed by atoms with E-state index in [4.69, 9.17) is 9.47 Å². The summed E-state index contributed by atoms with van der Waals surface area (Å²) in [5.41, 5.74) is -1.28. The summed E-state index contributed by atoms with van der Waals surface area (Å²) in [6.45, 7) is 14.9. The van der Waals surface area contributed by atoms with Crippen molar-refractivity contribution >= 4 is 18.1 Å². The van der Waals surface area contributed by atoms with E-state index >= 15 is 0 Å². The van der Waals surface area contributed by atoms with Gasteiger partial charge in [0.2, 0.25) is 5.96 Å². The van der Waals surface area contributed by atoms with Gasteiger partial charge in [-0.05, 0) is 47.5 Å². The van der Waals surface area contributed by atoms with Gasteiger partial charge >= 0.3 is 12.2 Å². The number of alkyl carbamates (subject to hydrolysis) is 2. The lowest BCUT2D eigenvalue weighted by Crippen LogP contribution is -2.47. The number of guanidine groups is 1. The molecule has 0 unspecified atom stereocenters. The molecule has 0 aromatic carbocycles. The molecule has 0 aliphatic rings. The quantitative estimate of drug-likeness (QED) is 0.605. The Kier molecular flexibility index (Phi) is 7.35. The Morgan fingerprint density at radius 1 is 0.909 bits per heavy atom. The summed E-state index contributed by atoms with van der Waals surface area (Å²) in [6, 6.07) is 0. The van der Waals surface area contributed by atoms with Crippen LogP contribution in [0.3, 0.4) is 0 Å². The third kappa shape index (κ3) is 12.0. The van der Waals surface area contributed by atoms with Gasteiger partial charge < -0.3 is 9.47 Å². The maximum atomic E-state index is 11.8. The second-order valence-electron chi connectivity index (χ2n) is 7.34. The normalized spacial score (nSPS) is 11.7. The molecule has 0 heterocycles. The molecule has 0 aromatic rings. The average molecular weight is 315 g/mol. The second-order valence-corrected chi connectivity index (χ2v) is 7.34. The maximum absolute atomic E-state index is 11.8. The van der Waals surface area contributed by atoms with Crippen molar-refractivity contribution < 1.29 is 19.1 Å². The molecule has 7 heteroatoms. The van der Waals surface area contributed by atoms with Gasteiger partial charge in [0.1, 0.15) is 11.2 Å². The molecule has 0 spiro atoms. The molecule has 0 rings (SSSR count). The summed E-state index contributed by atoms with van der Waals surface area (Å²) in [6.07, 6.45) is -1.38. The Balaban J connectivity index is 4.81. The highest BCUT2D eigenvalue weighted by Crippen LogP contribution is 2.07. The molecule has 0 aliphatic heterocycles. The lowest BCUT2D eigenvalue weighted by atomic mass is 10.2. The highest BCUT2D eigenvalue weighted by molar-refractivity contribution is 6.01. The molecule has 2 amide bonds. The predicted molar refractivity (Wildman–Crippen MR) is 85.9 cm³/mol. The zero-order valence-corrected chi connectivity index (χ0v) is 14.9. The topological polar surface area (TPSA) is 89.0 Å². The van der Waals surface area contributed by atoms with E-state index in [1.165, 1.54) is 0 Å². The Hall–Kier alpha value is -1.79. The van der Waals surface area contributed by atoms with Gasteiger partial charge in [-0.25, -0.2) is 9.59 Å². The number of nitrogens with one attached hydrogen (secondary N) is 2.